The summed E-state index contributed by atoms with van der Waals surface area (Å²) >= 11 is 0. The normalized spacial score (nSPS) is 17.7. The van der Waals surface area contributed by atoms with E-state index in [2.05, 4.69) is 25.6 Å². The summed E-state index contributed by atoms with van der Waals surface area (Å²) in [5.41, 5.74) is 8.03. The van der Waals surface area contributed by atoms with E-state index in [1.165, 1.54) is 12.4 Å². The van der Waals surface area contributed by atoms with Crippen molar-refractivity contribution in [3.8, 4) is 11.3 Å². The third-order valence-corrected chi connectivity index (χ3v) is 4.67. The van der Waals surface area contributed by atoms with Crippen molar-refractivity contribution in [2.75, 3.05) is 16.4 Å². The highest BCUT2D eigenvalue weighted by atomic mass is 19.1. The van der Waals surface area contributed by atoms with E-state index < -0.39 is 24.1 Å². The number of nitrogens with one attached hydrogen (secondary N) is 2. The zero-order valence-electron chi connectivity index (χ0n) is 15.3. The van der Waals surface area contributed by atoms with Gasteiger partial charge < -0.3 is 16.2 Å². The standard InChI is InChI=1S/C19H17FN6O3/c1-8-2-15(26-19(28)29)22-6-11(8)14-3-9-4-16(23-7-12(9)17(21)24-14)25-18(27)10-5-13(10)20/h2-4,6-7,10,13H,5H2,1H3,(H2,21,24)(H,22,26)(H,28,29)(H,23,25,27). The van der Waals surface area contributed by atoms with Crippen LogP contribution in [0.5, 0.6) is 0 Å². The summed E-state index contributed by atoms with van der Waals surface area (Å²) in [6.07, 6.45) is 0.953. The number of carbonyl (C=O) groups excluding carboxylic acids is 1. The second kappa shape index (κ2) is 6.97. The number of nitrogen functional groups attached to an aromatic ring is 1. The first-order chi connectivity index (χ1) is 13.8. The SMILES string of the molecule is Cc1cc(NC(=O)O)ncc1-c1cc2cc(NC(=O)C3CC3F)ncc2c(N)n1. The highest BCUT2D eigenvalue weighted by Crippen LogP contribution is 2.35. The zero-order valence-corrected chi connectivity index (χ0v) is 15.3. The maximum Gasteiger partial charge on any atom is 0.410 e. The van der Waals surface area contributed by atoms with Crippen LogP contribution in [-0.4, -0.2) is 38.2 Å². The summed E-state index contributed by atoms with van der Waals surface area (Å²) in [5.74, 6) is -0.256. The molecule has 0 spiro atoms. The molecule has 2 unspecified atom stereocenters. The fourth-order valence-corrected chi connectivity index (χ4v) is 3.04. The highest BCUT2D eigenvalue weighted by molar-refractivity contribution is 5.98. The Kier molecular flexibility index (Phi) is 4.45. The van der Waals surface area contributed by atoms with Crippen molar-refractivity contribution in [3.63, 3.8) is 0 Å². The monoisotopic (exact) mass is 396 g/mol. The molecule has 1 aliphatic rings. The van der Waals surface area contributed by atoms with Crippen LogP contribution in [0.2, 0.25) is 0 Å². The minimum Gasteiger partial charge on any atom is -0.465 e. The van der Waals surface area contributed by atoms with Gasteiger partial charge in [-0.15, -0.1) is 0 Å². The summed E-state index contributed by atoms with van der Waals surface area (Å²) in [6, 6.07) is 5.01. The minimum atomic E-state index is -1.20. The van der Waals surface area contributed by atoms with E-state index in [1.807, 2.05) is 0 Å². The van der Waals surface area contributed by atoms with Crippen molar-refractivity contribution in [2.24, 2.45) is 5.92 Å². The molecule has 3 aromatic heterocycles. The minimum absolute atomic E-state index is 0.202. The number of aromatic nitrogens is 3. The number of nitrogens with zero attached hydrogens (tertiary/aromatic N) is 3. The summed E-state index contributed by atoms with van der Waals surface area (Å²) in [6.45, 7) is 1.80. The van der Waals surface area contributed by atoms with Gasteiger partial charge in [-0.05, 0) is 42.5 Å². The molecule has 3 aromatic rings. The van der Waals surface area contributed by atoms with Gasteiger partial charge in [-0.1, -0.05) is 0 Å². The van der Waals surface area contributed by atoms with Crippen molar-refractivity contribution in [2.45, 2.75) is 19.5 Å². The van der Waals surface area contributed by atoms with E-state index in [0.29, 0.717) is 27.8 Å². The molecular formula is C19H17FN6O3. The average Bonchev–Trinajstić information content (AvgIpc) is 3.38. The Hall–Kier alpha value is -3.82. The lowest BCUT2D eigenvalue weighted by Crippen LogP contribution is -2.15. The maximum absolute atomic E-state index is 13.1. The number of fused-ring (bicyclic) bond motifs is 1. The summed E-state index contributed by atoms with van der Waals surface area (Å²) < 4.78 is 13.1. The molecule has 0 radical (unpaired) electrons. The molecule has 2 amide bonds. The molecule has 9 nitrogen and oxygen atoms in total. The number of hydrogen-bond donors (Lipinski definition) is 4. The summed E-state index contributed by atoms with van der Waals surface area (Å²) in [5, 5.41) is 14.9. The van der Waals surface area contributed by atoms with Crippen LogP contribution in [0.15, 0.2) is 30.6 Å². The quantitative estimate of drug-likeness (QED) is 0.531. The van der Waals surface area contributed by atoms with Gasteiger partial charge in [0.2, 0.25) is 5.91 Å². The maximum atomic E-state index is 13.1. The molecule has 3 heterocycles. The Morgan fingerprint density at radius 2 is 1.86 bits per heavy atom. The number of hydrogen-bond acceptors (Lipinski definition) is 6. The lowest BCUT2D eigenvalue weighted by molar-refractivity contribution is -0.117. The number of aryl methyl sites for hydroxylation is 1. The van der Waals surface area contributed by atoms with Crippen LogP contribution in [0.25, 0.3) is 22.0 Å². The molecule has 2 atom stereocenters. The number of nitrogens with two attached hydrogens (primary N) is 1. The average molecular weight is 396 g/mol. The van der Waals surface area contributed by atoms with E-state index >= 15 is 0 Å². The summed E-state index contributed by atoms with van der Waals surface area (Å²) in [4.78, 5) is 35.3. The van der Waals surface area contributed by atoms with E-state index in [4.69, 9.17) is 10.8 Å². The van der Waals surface area contributed by atoms with Crippen molar-refractivity contribution in [1.82, 2.24) is 15.0 Å². The van der Waals surface area contributed by atoms with Gasteiger partial charge in [0.15, 0.2) is 0 Å². The van der Waals surface area contributed by atoms with Gasteiger partial charge in [0.1, 0.15) is 23.6 Å². The molecule has 5 N–H and O–H groups in total. The number of carbonyl (C=O) groups is 2. The first-order valence-corrected chi connectivity index (χ1v) is 8.80. The van der Waals surface area contributed by atoms with Gasteiger partial charge in [-0.3, -0.25) is 10.1 Å². The number of carboxylic acid groups (broad SMARTS) is 1. The van der Waals surface area contributed by atoms with Crippen LogP contribution in [0.3, 0.4) is 0 Å². The van der Waals surface area contributed by atoms with Crippen LogP contribution >= 0.6 is 0 Å². The first-order valence-electron chi connectivity index (χ1n) is 8.80. The Balaban J connectivity index is 1.68. The molecule has 1 fully saturated rings. The molecule has 1 aliphatic carbocycles. The van der Waals surface area contributed by atoms with Gasteiger partial charge in [0.05, 0.1) is 11.6 Å². The highest BCUT2D eigenvalue weighted by Gasteiger charge is 2.43. The van der Waals surface area contributed by atoms with Crippen molar-refractivity contribution < 1.29 is 19.1 Å². The van der Waals surface area contributed by atoms with Crippen molar-refractivity contribution in [1.29, 1.82) is 0 Å². The summed E-state index contributed by atoms with van der Waals surface area (Å²) in [7, 11) is 0. The number of rotatable bonds is 4. The number of pyridine rings is 3. The topological polar surface area (TPSA) is 143 Å². The molecule has 4 rings (SSSR count). The van der Waals surface area contributed by atoms with Crippen molar-refractivity contribution in [3.05, 3.63) is 36.2 Å². The molecule has 10 heteroatoms. The number of anilines is 3. The number of halogens is 1. The third kappa shape index (κ3) is 3.77. The van der Waals surface area contributed by atoms with Crippen LogP contribution in [-0.2, 0) is 4.79 Å². The number of alkyl halides is 1. The largest absolute Gasteiger partial charge is 0.465 e. The zero-order chi connectivity index (χ0) is 20.7. The van der Waals surface area contributed by atoms with Crippen molar-refractivity contribution >= 4 is 40.2 Å². The second-order valence-electron chi connectivity index (χ2n) is 6.85. The third-order valence-electron chi connectivity index (χ3n) is 4.67. The molecular weight excluding hydrogens is 379 g/mol. The second-order valence-corrected chi connectivity index (χ2v) is 6.85. The predicted molar refractivity (Wildman–Crippen MR) is 105 cm³/mol. The Labute approximate surface area is 164 Å². The molecule has 0 saturated heterocycles. The van der Waals surface area contributed by atoms with Crippen LogP contribution in [0, 0.1) is 12.8 Å². The Bertz CT molecular complexity index is 1150. The van der Waals surface area contributed by atoms with E-state index in [1.54, 1.807) is 25.1 Å². The molecule has 0 aliphatic heterocycles. The van der Waals surface area contributed by atoms with Gasteiger partial charge in [0, 0.05) is 23.3 Å². The van der Waals surface area contributed by atoms with E-state index in [0.717, 1.165) is 5.56 Å². The molecule has 1 saturated carbocycles. The Morgan fingerprint density at radius 3 is 2.52 bits per heavy atom. The first kappa shape index (κ1) is 18.5. The smallest absolute Gasteiger partial charge is 0.410 e. The molecule has 29 heavy (non-hydrogen) atoms. The fraction of sp³-hybridized carbons (Fsp3) is 0.211. The molecule has 0 bridgehead atoms. The van der Waals surface area contributed by atoms with Crippen LogP contribution in [0.4, 0.5) is 26.6 Å². The lowest BCUT2D eigenvalue weighted by atomic mass is 10.1. The van der Waals surface area contributed by atoms with E-state index in [9.17, 15) is 14.0 Å². The van der Waals surface area contributed by atoms with Crippen LogP contribution < -0.4 is 16.4 Å². The molecule has 148 valence electrons. The van der Waals surface area contributed by atoms with Gasteiger partial charge in [-0.25, -0.2) is 24.1 Å². The predicted octanol–water partition coefficient (Wildman–Crippen LogP) is 2.97. The lowest BCUT2D eigenvalue weighted by Gasteiger charge is -2.11. The van der Waals surface area contributed by atoms with E-state index in [-0.39, 0.29) is 18.1 Å². The number of amides is 2. The Morgan fingerprint density at radius 1 is 1.17 bits per heavy atom. The molecule has 0 aromatic carbocycles. The van der Waals surface area contributed by atoms with Gasteiger partial charge >= 0.3 is 6.09 Å². The van der Waals surface area contributed by atoms with Gasteiger partial charge in [0.25, 0.3) is 0 Å². The van der Waals surface area contributed by atoms with Crippen LogP contribution in [0.1, 0.15) is 12.0 Å². The van der Waals surface area contributed by atoms with Gasteiger partial charge in [-0.2, -0.15) is 0 Å². The fourth-order valence-electron chi connectivity index (χ4n) is 3.04.